The lowest BCUT2D eigenvalue weighted by Crippen LogP contribution is -2.20. The standard InChI is InChI=1S/C29H42N4O/c1-4-5-6-7-8-9-10-11-12-15-20-32-22-25(24-17-13-14-18-26(24)32)28-30-29(34-31-28)27-19-16-21-33(27)23(2)3/h13-14,17-18,22,27H,2,4-12,15-16,19-21H2,1,3H3/t27-/m0/s1. The Labute approximate surface area is 205 Å². The molecule has 0 spiro atoms. The topological polar surface area (TPSA) is 47.1 Å². The van der Waals surface area contributed by atoms with E-state index in [1.165, 1.54) is 75.1 Å². The molecule has 1 aromatic carbocycles. The van der Waals surface area contributed by atoms with Crippen molar-refractivity contribution in [2.24, 2.45) is 0 Å². The van der Waals surface area contributed by atoms with Crippen LogP contribution in [-0.2, 0) is 6.54 Å². The summed E-state index contributed by atoms with van der Waals surface area (Å²) in [6.07, 6.45) is 18.0. The SMILES string of the molecule is C=C(C)N1CCC[C@H]1c1nc(-c2cn(CCCCCCCCCCCC)c3ccccc23)no1. The van der Waals surface area contributed by atoms with Crippen LogP contribution in [0.15, 0.2) is 47.3 Å². The van der Waals surface area contributed by atoms with E-state index in [4.69, 9.17) is 9.51 Å². The molecule has 1 aliphatic heterocycles. The van der Waals surface area contributed by atoms with Crippen molar-refractivity contribution in [3.8, 4) is 11.4 Å². The van der Waals surface area contributed by atoms with Gasteiger partial charge in [-0.3, -0.25) is 0 Å². The highest BCUT2D eigenvalue weighted by molar-refractivity contribution is 5.94. The zero-order valence-corrected chi connectivity index (χ0v) is 21.3. The van der Waals surface area contributed by atoms with Gasteiger partial charge in [-0.2, -0.15) is 4.98 Å². The van der Waals surface area contributed by atoms with Crippen LogP contribution in [0.3, 0.4) is 0 Å². The highest BCUT2D eigenvalue weighted by atomic mass is 16.5. The van der Waals surface area contributed by atoms with E-state index in [0.29, 0.717) is 11.7 Å². The monoisotopic (exact) mass is 462 g/mol. The first kappa shape index (κ1) is 24.6. The predicted octanol–water partition coefficient (Wildman–Crippen LogP) is 8.28. The summed E-state index contributed by atoms with van der Waals surface area (Å²) in [4.78, 5) is 7.13. The zero-order valence-electron chi connectivity index (χ0n) is 21.3. The Morgan fingerprint density at radius 3 is 2.47 bits per heavy atom. The largest absolute Gasteiger partial charge is 0.364 e. The number of hydrogen-bond donors (Lipinski definition) is 0. The van der Waals surface area contributed by atoms with Gasteiger partial charge in [-0.15, -0.1) is 0 Å². The minimum absolute atomic E-state index is 0.152. The van der Waals surface area contributed by atoms with E-state index in [1.807, 2.05) is 0 Å². The number of nitrogens with zero attached hydrogens (tertiary/aromatic N) is 4. The van der Waals surface area contributed by atoms with E-state index < -0.39 is 0 Å². The average Bonchev–Trinajstić information content (AvgIpc) is 3.58. The molecule has 1 aliphatic rings. The number of aryl methyl sites for hydroxylation is 1. The van der Waals surface area contributed by atoms with Gasteiger partial charge in [0.05, 0.1) is 0 Å². The summed E-state index contributed by atoms with van der Waals surface area (Å²) in [5, 5.41) is 5.59. The first-order chi connectivity index (χ1) is 16.7. The summed E-state index contributed by atoms with van der Waals surface area (Å²) in [5.41, 5.74) is 3.39. The molecule has 4 rings (SSSR count). The van der Waals surface area contributed by atoms with Crippen molar-refractivity contribution in [3.63, 3.8) is 0 Å². The normalized spacial score (nSPS) is 16.1. The van der Waals surface area contributed by atoms with E-state index in [9.17, 15) is 0 Å². The molecule has 1 fully saturated rings. The lowest BCUT2D eigenvalue weighted by atomic mass is 10.1. The van der Waals surface area contributed by atoms with Crippen LogP contribution in [-0.4, -0.2) is 26.2 Å². The molecular weight excluding hydrogens is 420 g/mol. The Bertz CT molecular complexity index is 1050. The van der Waals surface area contributed by atoms with Crippen LogP contribution in [0, 0.1) is 0 Å². The van der Waals surface area contributed by atoms with Crippen LogP contribution in [0.1, 0.15) is 103 Å². The van der Waals surface area contributed by atoms with E-state index in [1.54, 1.807) is 0 Å². The van der Waals surface area contributed by atoms with Crippen molar-refractivity contribution in [1.82, 2.24) is 19.6 Å². The van der Waals surface area contributed by atoms with Gasteiger partial charge in [-0.25, -0.2) is 0 Å². The van der Waals surface area contributed by atoms with Gasteiger partial charge in [0.15, 0.2) is 0 Å². The third kappa shape index (κ3) is 5.92. The first-order valence-corrected chi connectivity index (χ1v) is 13.5. The molecule has 3 aromatic rings. The predicted molar refractivity (Wildman–Crippen MR) is 141 cm³/mol. The molecule has 0 saturated carbocycles. The van der Waals surface area contributed by atoms with Crippen LogP contribution in [0.2, 0.25) is 0 Å². The van der Waals surface area contributed by atoms with Gasteiger partial charge < -0.3 is 14.0 Å². The second-order valence-electron chi connectivity index (χ2n) is 9.98. The lowest BCUT2D eigenvalue weighted by Gasteiger charge is -2.23. The van der Waals surface area contributed by atoms with E-state index in [2.05, 4.69) is 65.5 Å². The fourth-order valence-corrected chi connectivity index (χ4v) is 5.34. The summed E-state index contributed by atoms with van der Waals surface area (Å²) in [7, 11) is 0. The van der Waals surface area contributed by atoms with Gasteiger partial charge in [-0.05, 0) is 32.3 Å². The molecule has 0 radical (unpaired) electrons. The molecule has 3 heterocycles. The van der Waals surface area contributed by atoms with Crippen molar-refractivity contribution in [3.05, 3.63) is 48.6 Å². The van der Waals surface area contributed by atoms with Gasteiger partial charge in [-0.1, -0.05) is 94.6 Å². The number of rotatable bonds is 14. The number of likely N-dealkylation sites (tertiary alicyclic amines) is 1. The molecule has 5 nitrogen and oxygen atoms in total. The van der Waals surface area contributed by atoms with Crippen LogP contribution in [0.5, 0.6) is 0 Å². The third-order valence-electron chi connectivity index (χ3n) is 7.25. The molecule has 1 atom stereocenters. The number of benzene rings is 1. The van der Waals surface area contributed by atoms with Gasteiger partial charge in [0.25, 0.3) is 0 Å². The van der Waals surface area contributed by atoms with Crippen molar-refractivity contribution in [1.29, 1.82) is 0 Å². The van der Waals surface area contributed by atoms with E-state index in [-0.39, 0.29) is 6.04 Å². The third-order valence-corrected chi connectivity index (χ3v) is 7.25. The van der Waals surface area contributed by atoms with Crippen LogP contribution >= 0.6 is 0 Å². The summed E-state index contributed by atoms with van der Waals surface area (Å²) < 4.78 is 8.13. The molecule has 0 N–H and O–H groups in total. The van der Waals surface area contributed by atoms with Gasteiger partial charge in [0.2, 0.25) is 11.7 Å². The first-order valence-electron chi connectivity index (χ1n) is 13.5. The molecule has 0 amide bonds. The number of unbranched alkanes of at least 4 members (excludes halogenated alkanes) is 9. The van der Waals surface area contributed by atoms with Crippen LogP contribution < -0.4 is 0 Å². The summed E-state index contributed by atoms with van der Waals surface area (Å²) in [6.45, 7) is 10.5. The Hall–Kier alpha value is -2.56. The fraction of sp³-hybridized carbons (Fsp3) is 0.586. The second kappa shape index (κ2) is 12.2. The van der Waals surface area contributed by atoms with Crippen molar-refractivity contribution < 1.29 is 4.52 Å². The summed E-state index contributed by atoms with van der Waals surface area (Å²) in [5.74, 6) is 1.41. The number of allylic oxidation sites excluding steroid dienone is 1. The maximum Gasteiger partial charge on any atom is 0.249 e. The molecular formula is C29H42N4O. The Balaban J connectivity index is 1.35. The molecule has 184 valence electrons. The van der Waals surface area contributed by atoms with Crippen molar-refractivity contribution >= 4 is 10.9 Å². The van der Waals surface area contributed by atoms with Gasteiger partial charge in [0.1, 0.15) is 6.04 Å². The second-order valence-corrected chi connectivity index (χ2v) is 9.98. The molecule has 2 aromatic heterocycles. The molecule has 34 heavy (non-hydrogen) atoms. The highest BCUT2D eigenvalue weighted by Crippen LogP contribution is 2.35. The molecule has 5 heteroatoms. The van der Waals surface area contributed by atoms with Crippen LogP contribution in [0.4, 0.5) is 0 Å². The number of aromatic nitrogens is 3. The molecule has 0 aliphatic carbocycles. The quantitative estimate of drug-likeness (QED) is 0.226. The smallest absolute Gasteiger partial charge is 0.249 e. The molecule has 0 unspecified atom stereocenters. The van der Waals surface area contributed by atoms with Gasteiger partial charge in [0, 0.05) is 41.4 Å². The highest BCUT2D eigenvalue weighted by Gasteiger charge is 2.30. The molecule has 0 bridgehead atoms. The number of para-hydroxylation sites is 1. The summed E-state index contributed by atoms with van der Waals surface area (Å²) >= 11 is 0. The average molecular weight is 463 g/mol. The van der Waals surface area contributed by atoms with Crippen molar-refractivity contribution in [2.45, 2.75) is 103 Å². The Morgan fingerprint density at radius 2 is 1.74 bits per heavy atom. The minimum atomic E-state index is 0.152. The zero-order chi connectivity index (χ0) is 23.8. The maximum atomic E-state index is 5.76. The number of fused-ring (bicyclic) bond motifs is 1. The van der Waals surface area contributed by atoms with Crippen molar-refractivity contribution in [2.75, 3.05) is 6.54 Å². The number of hydrogen-bond acceptors (Lipinski definition) is 4. The fourth-order valence-electron chi connectivity index (χ4n) is 5.34. The lowest BCUT2D eigenvalue weighted by molar-refractivity contribution is 0.252. The van der Waals surface area contributed by atoms with E-state index in [0.717, 1.165) is 37.2 Å². The Morgan fingerprint density at radius 1 is 1.03 bits per heavy atom. The van der Waals surface area contributed by atoms with Crippen LogP contribution in [0.25, 0.3) is 22.3 Å². The minimum Gasteiger partial charge on any atom is -0.364 e. The van der Waals surface area contributed by atoms with Gasteiger partial charge >= 0.3 is 0 Å². The molecule has 1 saturated heterocycles. The summed E-state index contributed by atoms with van der Waals surface area (Å²) in [6, 6.07) is 8.74. The van der Waals surface area contributed by atoms with E-state index >= 15 is 0 Å². The Kier molecular flexibility index (Phi) is 8.84. The maximum absolute atomic E-state index is 5.76.